The van der Waals surface area contributed by atoms with E-state index in [1.165, 1.54) is 35.6 Å². The predicted octanol–water partition coefficient (Wildman–Crippen LogP) is 1.13. The van der Waals surface area contributed by atoms with E-state index in [9.17, 15) is 22.8 Å². The van der Waals surface area contributed by atoms with Crippen LogP contribution in [0.1, 0.15) is 43.2 Å². The summed E-state index contributed by atoms with van der Waals surface area (Å²) < 4.78 is 25.0. The molecule has 3 heterocycles. The van der Waals surface area contributed by atoms with Gasteiger partial charge in [0.2, 0.25) is 15.9 Å². The number of nitrogens with one attached hydrogen (secondary N) is 2. The Hall–Kier alpha value is -3.54. The molecule has 2 aromatic heterocycles. The van der Waals surface area contributed by atoms with Crippen LogP contribution in [0.15, 0.2) is 36.8 Å². The van der Waals surface area contributed by atoms with Gasteiger partial charge in [-0.3, -0.25) is 24.1 Å². The number of pyridine rings is 2. The molecule has 1 saturated heterocycles. The van der Waals surface area contributed by atoms with E-state index in [2.05, 4.69) is 20.0 Å². The lowest BCUT2D eigenvalue weighted by atomic mass is 9.90. The molecule has 3 rings (SSSR count). The number of primary amides is 1. The number of anilines is 2. The number of carbonyl (C=O) groups excluding carboxylic acids is 3. The lowest BCUT2D eigenvalue weighted by Gasteiger charge is -2.38. The summed E-state index contributed by atoms with van der Waals surface area (Å²) in [6, 6.07) is 4.14. The van der Waals surface area contributed by atoms with E-state index in [0.29, 0.717) is 18.5 Å². The number of likely N-dealkylation sites (tertiary alicyclic amines) is 1. The third-order valence-corrected chi connectivity index (χ3v) is 5.59. The topological polar surface area (TPSA) is 164 Å². The van der Waals surface area contributed by atoms with E-state index in [4.69, 9.17) is 5.73 Å². The van der Waals surface area contributed by atoms with Gasteiger partial charge in [0, 0.05) is 20.4 Å². The summed E-state index contributed by atoms with van der Waals surface area (Å²) in [5.74, 6) is -1.94. The van der Waals surface area contributed by atoms with Gasteiger partial charge >= 0.3 is 11.8 Å². The van der Waals surface area contributed by atoms with Gasteiger partial charge in [0.15, 0.2) is 0 Å². The molecule has 172 valence electrons. The Bertz CT molecular complexity index is 1140. The first-order chi connectivity index (χ1) is 15.0. The molecule has 0 radical (unpaired) electrons. The molecule has 1 aliphatic rings. The maximum Gasteiger partial charge on any atom is 0.313 e. The Kier molecular flexibility index (Phi) is 6.72. The zero-order valence-corrected chi connectivity index (χ0v) is 18.4. The summed E-state index contributed by atoms with van der Waals surface area (Å²) in [5.41, 5.74) is 6.20. The number of hydrogen-bond donors (Lipinski definition) is 3. The van der Waals surface area contributed by atoms with E-state index < -0.39 is 27.7 Å². The summed E-state index contributed by atoms with van der Waals surface area (Å²) in [6.07, 6.45) is 6.57. The van der Waals surface area contributed by atoms with Crippen LogP contribution < -0.4 is 15.8 Å². The van der Waals surface area contributed by atoms with Gasteiger partial charge in [-0.25, -0.2) is 13.4 Å². The van der Waals surface area contributed by atoms with Gasteiger partial charge in [0.1, 0.15) is 5.82 Å². The summed E-state index contributed by atoms with van der Waals surface area (Å²) >= 11 is 0. The number of piperidine rings is 1. The van der Waals surface area contributed by atoms with Crippen molar-refractivity contribution in [1.29, 1.82) is 0 Å². The minimum absolute atomic E-state index is 0. The van der Waals surface area contributed by atoms with Crippen molar-refractivity contribution in [3.63, 3.8) is 0 Å². The van der Waals surface area contributed by atoms with Gasteiger partial charge in [-0.2, -0.15) is 0 Å². The van der Waals surface area contributed by atoms with Crippen LogP contribution in [-0.4, -0.2) is 53.8 Å². The van der Waals surface area contributed by atoms with E-state index in [1.54, 1.807) is 6.07 Å². The number of rotatable bonds is 5. The zero-order chi connectivity index (χ0) is 23.5. The molecule has 0 unspecified atom stereocenters. The highest BCUT2D eigenvalue weighted by Crippen LogP contribution is 2.33. The normalized spacial score (nSPS) is 18.6. The lowest BCUT2D eigenvalue weighted by Crippen LogP contribution is -2.46. The van der Waals surface area contributed by atoms with E-state index in [0.717, 1.165) is 12.7 Å². The predicted molar refractivity (Wildman–Crippen MR) is 119 cm³/mol. The molecule has 0 aromatic carbocycles. The SMILES string of the molecule is C[C@H]1CC[C@H](c2ccc(NS(C)(=O)=O)nc2)N(C(=O)C(=O)Nc2cncc(C(N)=O)c2)C1.[HH]. The van der Waals surface area contributed by atoms with Crippen LogP contribution in [0.4, 0.5) is 11.5 Å². The zero-order valence-electron chi connectivity index (χ0n) is 17.6. The number of carbonyl (C=O) groups is 3. The number of nitrogens with zero attached hydrogens (tertiary/aromatic N) is 3. The minimum atomic E-state index is -3.46. The van der Waals surface area contributed by atoms with Gasteiger partial charge < -0.3 is 16.0 Å². The maximum absolute atomic E-state index is 13.0. The van der Waals surface area contributed by atoms with E-state index in [1.807, 2.05) is 6.92 Å². The second-order valence-corrected chi connectivity index (χ2v) is 9.54. The molecule has 1 aliphatic heterocycles. The van der Waals surface area contributed by atoms with Crippen molar-refractivity contribution >= 4 is 39.3 Å². The second kappa shape index (κ2) is 9.30. The van der Waals surface area contributed by atoms with Crippen LogP contribution >= 0.6 is 0 Å². The van der Waals surface area contributed by atoms with Crippen molar-refractivity contribution in [3.05, 3.63) is 47.9 Å². The summed E-state index contributed by atoms with van der Waals surface area (Å²) in [6.45, 7) is 2.37. The quantitative estimate of drug-likeness (QED) is 0.560. The van der Waals surface area contributed by atoms with Gasteiger partial charge in [0.05, 0.1) is 29.7 Å². The molecule has 3 amide bonds. The molecule has 0 aliphatic carbocycles. The fourth-order valence-electron chi connectivity index (χ4n) is 3.53. The van der Waals surface area contributed by atoms with Gasteiger partial charge in [-0.05, 0) is 36.5 Å². The molecule has 2 aromatic rings. The Balaban J connectivity index is 0.00000385. The highest BCUT2D eigenvalue weighted by atomic mass is 32.2. The van der Waals surface area contributed by atoms with Crippen molar-refractivity contribution in [3.8, 4) is 0 Å². The van der Waals surface area contributed by atoms with E-state index in [-0.39, 0.29) is 30.5 Å². The molecule has 12 heteroatoms. The minimum Gasteiger partial charge on any atom is -0.366 e. The number of amides is 3. The van der Waals surface area contributed by atoms with Crippen LogP contribution in [0, 0.1) is 5.92 Å². The van der Waals surface area contributed by atoms with Crippen molar-refractivity contribution in [1.82, 2.24) is 14.9 Å². The first kappa shape index (κ1) is 23.1. The van der Waals surface area contributed by atoms with Crippen molar-refractivity contribution in [2.45, 2.75) is 25.8 Å². The lowest BCUT2D eigenvalue weighted by molar-refractivity contribution is -0.146. The number of aromatic nitrogens is 2. The fourth-order valence-corrected chi connectivity index (χ4v) is 4.04. The van der Waals surface area contributed by atoms with Crippen LogP contribution in [-0.2, 0) is 19.6 Å². The van der Waals surface area contributed by atoms with Crippen LogP contribution in [0.2, 0.25) is 0 Å². The number of sulfonamides is 1. The molecule has 32 heavy (non-hydrogen) atoms. The third-order valence-electron chi connectivity index (χ3n) is 5.01. The second-order valence-electron chi connectivity index (χ2n) is 7.79. The van der Waals surface area contributed by atoms with Gasteiger partial charge in [-0.15, -0.1) is 0 Å². The van der Waals surface area contributed by atoms with Crippen LogP contribution in [0.5, 0.6) is 0 Å². The molecule has 0 bridgehead atoms. The number of nitrogens with two attached hydrogens (primary N) is 1. The van der Waals surface area contributed by atoms with Crippen LogP contribution in [0.25, 0.3) is 0 Å². The highest BCUT2D eigenvalue weighted by molar-refractivity contribution is 7.92. The molecule has 11 nitrogen and oxygen atoms in total. The maximum atomic E-state index is 13.0. The first-order valence-corrected chi connectivity index (χ1v) is 11.7. The number of hydrogen-bond acceptors (Lipinski definition) is 7. The Morgan fingerprint density at radius 1 is 1.19 bits per heavy atom. The van der Waals surface area contributed by atoms with Gasteiger partial charge in [-0.1, -0.05) is 13.0 Å². The Morgan fingerprint density at radius 3 is 2.56 bits per heavy atom. The molecular formula is C20H26N6O5S. The Morgan fingerprint density at radius 2 is 1.94 bits per heavy atom. The van der Waals surface area contributed by atoms with Crippen molar-refractivity contribution < 1.29 is 24.2 Å². The summed E-state index contributed by atoms with van der Waals surface area (Å²) in [7, 11) is -3.46. The monoisotopic (exact) mass is 462 g/mol. The Labute approximate surface area is 187 Å². The average molecular weight is 463 g/mol. The smallest absolute Gasteiger partial charge is 0.313 e. The third kappa shape index (κ3) is 5.78. The van der Waals surface area contributed by atoms with E-state index >= 15 is 0 Å². The molecular weight excluding hydrogens is 436 g/mol. The van der Waals surface area contributed by atoms with Crippen molar-refractivity contribution in [2.24, 2.45) is 11.7 Å². The largest absolute Gasteiger partial charge is 0.366 e. The molecule has 2 atom stereocenters. The summed E-state index contributed by atoms with van der Waals surface area (Å²) in [4.78, 5) is 46.4. The average Bonchev–Trinajstić information content (AvgIpc) is 2.73. The molecule has 1 fully saturated rings. The fraction of sp³-hybridized carbons (Fsp3) is 0.350. The first-order valence-electron chi connectivity index (χ1n) is 9.84. The van der Waals surface area contributed by atoms with Crippen LogP contribution in [0.3, 0.4) is 0 Å². The van der Waals surface area contributed by atoms with Crippen molar-refractivity contribution in [2.75, 3.05) is 22.8 Å². The standard InChI is InChI=1S/C20H24N6O5S.H2/c1-12-3-5-16(13-4-6-17(23-9-13)25-32(2,30)31)26(11-12)20(29)19(28)24-15-7-14(18(21)27)8-22-10-15;/h4,6-10,12,16H,3,5,11H2,1-2H3,(H2,21,27)(H,23,25)(H,24,28);1H/t12-,16+;/m0./s1. The molecule has 4 N–H and O–H groups in total. The van der Waals surface area contributed by atoms with Gasteiger partial charge in [0.25, 0.3) is 0 Å². The highest BCUT2D eigenvalue weighted by Gasteiger charge is 2.34. The summed E-state index contributed by atoms with van der Waals surface area (Å²) in [5, 5.41) is 2.46. The molecule has 0 spiro atoms. The molecule has 0 saturated carbocycles.